The monoisotopic (exact) mass is 228 g/mol. The van der Waals surface area contributed by atoms with Gasteiger partial charge in [-0.15, -0.1) is 11.3 Å². The number of hydrogen-bond donors (Lipinski definition) is 1. The predicted octanol–water partition coefficient (Wildman–Crippen LogP) is 2.01. The second-order valence-corrected chi connectivity index (χ2v) is 4.93. The van der Waals surface area contributed by atoms with Gasteiger partial charge in [0.1, 0.15) is 0 Å². The first-order chi connectivity index (χ1) is 6.90. The molecular formula is C9H12N2OS2. The molecular weight excluding hydrogens is 216 g/mol. The summed E-state index contributed by atoms with van der Waals surface area (Å²) in [5, 5.41) is 10.6. The van der Waals surface area contributed by atoms with Gasteiger partial charge in [-0.2, -0.15) is 11.8 Å². The Balaban J connectivity index is 1.89. The summed E-state index contributed by atoms with van der Waals surface area (Å²) >= 11 is 3.47. The lowest BCUT2D eigenvalue weighted by molar-refractivity contribution is 0.296. The van der Waals surface area contributed by atoms with Crippen molar-refractivity contribution in [2.45, 2.75) is 12.2 Å². The molecule has 0 amide bonds. The Labute approximate surface area is 90.8 Å². The maximum atomic E-state index is 8.61. The molecule has 3 nitrogen and oxygen atoms in total. The van der Waals surface area contributed by atoms with Crippen molar-refractivity contribution in [1.82, 2.24) is 9.38 Å². The van der Waals surface area contributed by atoms with E-state index < -0.39 is 0 Å². The number of fused-ring (bicyclic) bond motifs is 1. The molecule has 2 aromatic heterocycles. The maximum absolute atomic E-state index is 8.61. The Morgan fingerprint density at radius 3 is 3.29 bits per heavy atom. The van der Waals surface area contributed by atoms with Crippen molar-refractivity contribution in [3.05, 3.63) is 23.5 Å². The van der Waals surface area contributed by atoms with E-state index >= 15 is 0 Å². The Kier molecular flexibility index (Phi) is 3.44. The number of imidazole rings is 1. The first-order valence-corrected chi connectivity index (χ1v) is 6.53. The van der Waals surface area contributed by atoms with Gasteiger partial charge in [0.2, 0.25) is 0 Å². The SMILES string of the molecule is OCCCSCc1cn2ccsc2n1. The van der Waals surface area contributed by atoms with E-state index in [2.05, 4.69) is 11.2 Å². The van der Waals surface area contributed by atoms with Crippen LogP contribution < -0.4 is 0 Å². The molecule has 0 spiro atoms. The molecule has 14 heavy (non-hydrogen) atoms. The normalized spacial score (nSPS) is 11.2. The number of thioether (sulfide) groups is 1. The number of aliphatic hydroxyl groups excluding tert-OH is 1. The van der Waals surface area contributed by atoms with Crippen molar-refractivity contribution >= 4 is 28.1 Å². The van der Waals surface area contributed by atoms with Gasteiger partial charge in [-0.3, -0.25) is 4.40 Å². The third-order valence-electron chi connectivity index (χ3n) is 1.84. The summed E-state index contributed by atoms with van der Waals surface area (Å²) in [6, 6.07) is 0. The zero-order chi connectivity index (χ0) is 9.80. The van der Waals surface area contributed by atoms with Gasteiger partial charge in [0.15, 0.2) is 4.96 Å². The van der Waals surface area contributed by atoms with Crippen LogP contribution >= 0.6 is 23.1 Å². The third kappa shape index (κ3) is 2.29. The van der Waals surface area contributed by atoms with Crippen LogP contribution in [0, 0.1) is 0 Å². The summed E-state index contributed by atoms with van der Waals surface area (Å²) in [5.41, 5.74) is 1.12. The number of thiazole rings is 1. The zero-order valence-corrected chi connectivity index (χ0v) is 9.35. The molecule has 0 atom stereocenters. The topological polar surface area (TPSA) is 37.5 Å². The molecule has 0 aliphatic carbocycles. The standard InChI is InChI=1S/C9H12N2OS2/c12-3-1-4-13-7-8-6-11-2-5-14-9(11)10-8/h2,5-6,12H,1,3-4,7H2. The highest BCUT2D eigenvalue weighted by Gasteiger charge is 2.01. The predicted molar refractivity (Wildman–Crippen MR) is 60.9 cm³/mol. The molecule has 0 fully saturated rings. The number of nitrogens with zero attached hydrogens (tertiary/aromatic N) is 2. The number of rotatable bonds is 5. The van der Waals surface area contributed by atoms with Crippen molar-refractivity contribution in [3.8, 4) is 0 Å². The van der Waals surface area contributed by atoms with Crippen molar-refractivity contribution in [3.63, 3.8) is 0 Å². The van der Waals surface area contributed by atoms with Crippen LogP contribution in [0.25, 0.3) is 4.96 Å². The smallest absolute Gasteiger partial charge is 0.193 e. The van der Waals surface area contributed by atoms with Crippen molar-refractivity contribution in [2.75, 3.05) is 12.4 Å². The largest absolute Gasteiger partial charge is 0.396 e. The Bertz CT molecular complexity index is 368. The average molecular weight is 228 g/mol. The Morgan fingerprint density at radius 1 is 1.57 bits per heavy atom. The van der Waals surface area contributed by atoms with Crippen LogP contribution in [0.2, 0.25) is 0 Å². The number of aromatic nitrogens is 2. The Hall–Kier alpha value is -0.520. The lowest BCUT2D eigenvalue weighted by Crippen LogP contribution is -1.87. The molecule has 5 heteroatoms. The average Bonchev–Trinajstić information content (AvgIpc) is 2.72. The molecule has 2 aromatic rings. The van der Waals surface area contributed by atoms with Crippen LogP contribution in [0.4, 0.5) is 0 Å². The van der Waals surface area contributed by atoms with Crippen molar-refractivity contribution < 1.29 is 5.11 Å². The molecule has 76 valence electrons. The second-order valence-electron chi connectivity index (χ2n) is 2.95. The van der Waals surface area contributed by atoms with E-state index in [0.717, 1.165) is 28.6 Å². The summed E-state index contributed by atoms with van der Waals surface area (Å²) in [7, 11) is 0. The van der Waals surface area contributed by atoms with Gasteiger partial charge in [-0.05, 0) is 12.2 Å². The highest BCUT2D eigenvalue weighted by Crippen LogP contribution is 2.16. The lowest BCUT2D eigenvalue weighted by atomic mass is 10.5. The maximum Gasteiger partial charge on any atom is 0.193 e. The van der Waals surface area contributed by atoms with Gasteiger partial charge in [0, 0.05) is 30.1 Å². The second kappa shape index (κ2) is 4.82. The van der Waals surface area contributed by atoms with E-state index in [-0.39, 0.29) is 6.61 Å². The molecule has 0 radical (unpaired) electrons. The lowest BCUT2D eigenvalue weighted by Gasteiger charge is -1.95. The molecule has 1 N–H and O–H groups in total. The van der Waals surface area contributed by atoms with E-state index in [0.29, 0.717) is 0 Å². The molecule has 0 saturated heterocycles. The first-order valence-electron chi connectivity index (χ1n) is 4.50. The van der Waals surface area contributed by atoms with Crippen LogP contribution in [-0.2, 0) is 5.75 Å². The molecule has 0 bridgehead atoms. The highest BCUT2D eigenvalue weighted by atomic mass is 32.2. The minimum Gasteiger partial charge on any atom is -0.396 e. The summed E-state index contributed by atoms with van der Waals surface area (Å²) in [4.78, 5) is 5.53. The first kappa shape index (κ1) is 10.0. The van der Waals surface area contributed by atoms with E-state index in [4.69, 9.17) is 5.11 Å². The van der Waals surface area contributed by atoms with E-state index in [9.17, 15) is 0 Å². The molecule has 0 aromatic carbocycles. The van der Waals surface area contributed by atoms with E-state index in [1.54, 1.807) is 11.3 Å². The molecule has 0 aliphatic heterocycles. The molecule has 0 aliphatic rings. The fourth-order valence-corrected chi connectivity index (χ4v) is 2.73. The Morgan fingerprint density at radius 2 is 2.50 bits per heavy atom. The van der Waals surface area contributed by atoms with Gasteiger partial charge >= 0.3 is 0 Å². The van der Waals surface area contributed by atoms with Gasteiger partial charge < -0.3 is 5.11 Å². The number of aliphatic hydroxyl groups is 1. The van der Waals surface area contributed by atoms with Crippen molar-refractivity contribution in [1.29, 1.82) is 0 Å². The minimum absolute atomic E-state index is 0.283. The summed E-state index contributed by atoms with van der Waals surface area (Å²) in [6.07, 6.45) is 4.96. The highest BCUT2D eigenvalue weighted by molar-refractivity contribution is 7.98. The molecule has 0 unspecified atom stereocenters. The van der Waals surface area contributed by atoms with Crippen LogP contribution in [0.1, 0.15) is 12.1 Å². The molecule has 0 saturated carbocycles. The van der Waals surface area contributed by atoms with Crippen LogP contribution in [-0.4, -0.2) is 26.9 Å². The third-order valence-corrected chi connectivity index (χ3v) is 3.69. The van der Waals surface area contributed by atoms with Crippen LogP contribution in [0.3, 0.4) is 0 Å². The fourth-order valence-electron chi connectivity index (χ4n) is 1.19. The van der Waals surface area contributed by atoms with E-state index in [1.807, 2.05) is 27.7 Å². The van der Waals surface area contributed by atoms with Crippen LogP contribution in [0.5, 0.6) is 0 Å². The molecule has 2 rings (SSSR count). The van der Waals surface area contributed by atoms with Gasteiger partial charge in [0.05, 0.1) is 5.69 Å². The van der Waals surface area contributed by atoms with Gasteiger partial charge in [-0.25, -0.2) is 4.98 Å². The summed E-state index contributed by atoms with van der Waals surface area (Å²) in [6.45, 7) is 0.283. The number of hydrogen-bond acceptors (Lipinski definition) is 4. The summed E-state index contributed by atoms with van der Waals surface area (Å²) in [5.74, 6) is 1.94. The van der Waals surface area contributed by atoms with Crippen LogP contribution in [0.15, 0.2) is 17.8 Å². The van der Waals surface area contributed by atoms with Crippen molar-refractivity contribution in [2.24, 2.45) is 0 Å². The summed E-state index contributed by atoms with van der Waals surface area (Å²) < 4.78 is 2.05. The zero-order valence-electron chi connectivity index (χ0n) is 7.72. The van der Waals surface area contributed by atoms with Gasteiger partial charge in [0.25, 0.3) is 0 Å². The quantitative estimate of drug-likeness (QED) is 0.795. The molecule has 2 heterocycles. The fraction of sp³-hybridized carbons (Fsp3) is 0.444. The van der Waals surface area contributed by atoms with Gasteiger partial charge in [-0.1, -0.05) is 0 Å². The minimum atomic E-state index is 0.283. The van der Waals surface area contributed by atoms with E-state index in [1.165, 1.54) is 0 Å².